The van der Waals surface area contributed by atoms with Crippen LogP contribution in [0.4, 0.5) is 0 Å². The molecule has 0 N–H and O–H groups in total. The molecule has 0 unspecified atom stereocenters. The molecule has 0 amide bonds. The van der Waals surface area contributed by atoms with E-state index >= 15 is 0 Å². The van der Waals surface area contributed by atoms with Gasteiger partial charge in [0.25, 0.3) is 0 Å². The molecular weight excluding hydrogens is 512 g/mol. The fourth-order valence-corrected chi connectivity index (χ4v) is 3.09. The second-order valence-corrected chi connectivity index (χ2v) is 7.88. The molecule has 0 radical (unpaired) electrons. The Morgan fingerprint density at radius 2 is 1.00 bits per heavy atom. The molecule has 0 saturated heterocycles. The maximum atomic E-state index is 10.7. The molecule has 0 heterocycles. The molecule has 192 valence electrons. The van der Waals surface area contributed by atoms with E-state index in [0.717, 1.165) is 45.2 Å². The maximum absolute atomic E-state index is 10.7. The van der Waals surface area contributed by atoms with Crippen molar-refractivity contribution in [2.45, 2.75) is 0 Å². The van der Waals surface area contributed by atoms with Crippen LogP contribution >= 0.6 is 0 Å². The van der Waals surface area contributed by atoms with Crippen LogP contribution in [0.1, 0.15) is 49.3 Å². The number of aldehydes is 1. The van der Waals surface area contributed by atoms with Crippen molar-refractivity contribution in [1.82, 2.24) is 0 Å². The third kappa shape index (κ3) is 11.5. The van der Waals surface area contributed by atoms with Gasteiger partial charge in [-0.3, -0.25) is 4.79 Å². The summed E-state index contributed by atoms with van der Waals surface area (Å²) in [7, 11) is 0. The van der Waals surface area contributed by atoms with E-state index in [1.54, 1.807) is 36.4 Å². The number of hydrogen-bond acceptors (Lipinski definition) is 2. The van der Waals surface area contributed by atoms with E-state index in [4.69, 9.17) is 31.1 Å². The first-order chi connectivity index (χ1) is 20.5. The molecule has 0 aromatic heterocycles. The predicted octanol–water partition coefficient (Wildman–Crippen LogP) is 6.32. The van der Waals surface area contributed by atoms with Crippen molar-refractivity contribution in [2.24, 2.45) is 0 Å². The third-order valence-electron chi connectivity index (χ3n) is 4.98. The molecule has 0 saturated carbocycles. The monoisotopic (exact) mass is 532 g/mol. The van der Waals surface area contributed by atoms with Crippen molar-refractivity contribution in [3.05, 3.63) is 153 Å². The van der Waals surface area contributed by atoms with E-state index < -0.39 is 0 Å². The lowest BCUT2D eigenvalue weighted by Gasteiger charge is -1.94. The van der Waals surface area contributed by atoms with Crippen LogP contribution in [0.25, 0.3) is 4.85 Å². The summed E-state index contributed by atoms with van der Waals surface area (Å²) in [6.45, 7) is 6.63. The van der Waals surface area contributed by atoms with E-state index in [2.05, 4.69) is 58.3 Å². The minimum Gasteiger partial charge on any atom is -0.298 e. The predicted molar refractivity (Wildman–Crippen MR) is 167 cm³/mol. The number of hydrogen-bond donors (Lipinski definition) is 0. The van der Waals surface area contributed by atoms with Crippen LogP contribution < -0.4 is 0 Å². The number of rotatable bonds is 1. The lowest BCUT2D eigenvalue weighted by molar-refractivity contribution is 0.112. The second-order valence-electron chi connectivity index (χ2n) is 7.88. The highest BCUT2D eigenvalue weighted by Gasteiger charge is 1.92. The maximum Gasteiger partial charge on any atom is 0.152 e. The van der Waals surface area contributed by atoms with Gasteiger partial charge in [0.05, 0.1) is 0 Å². The van der Waals surface area contributed by atoms with Crippen LogP contribution in [-0.2, 0) is 0 Å². The number of terminal acetylenes is 3. The number of nitrogens with zero attached hydrogens (tertiary/aromatic N) is 2. The molecule has 0 aliphatic heterocycles. The molecule has 0 atom stereocenters. The Labute approximate surface area is 247 Å². The molecule has 0 spiro atoms. The van der Waals surface area contributed by atoms with Crippen LogP contribution in [0.2, 0.25) is 0 Å². The second kappa shape index (κ2) is 18.2. The zero-order chi connectivity index (χ0) is 30.4. The fourth-order valence-electron chi connectivity index (χ4n) is 3.09. The Hall–Kier alpha value is -7.11. The summed E-state index contributed by atoms with van der Waals surface area (Å²) < 4.78 is 0. The summed E-state index contributed by atoms with van der Waals surface area (Å²) in [6.07, 6.45) is 16.3. The molecule has 3 nitrogen and oxygen atoms in total. The topological polar surface area (TPSA) is 45.2 Å². The van der Waals surface area contributed by atoms with Crippen molar-refractivity contribution in [2.75, 3.05) is 0 Å². The Morgan fingerprint density at radius 3 is 1.48 bits per heavy atom. The quantitative estimate of drug-likeness (QED) is 0.164. The molecule has 42 heavy (non-hydrogen) atoms. The van der Waals surface area contributed by atoms with E-state index in [1.165, 1.54) is 0 Å². The van der Waals surface area contributed by atoms with Crippen LogP contribution in [0.15, 0.2) is 97.1 Å². The van der Waals surface area contributed by atoms with Gasteiger partial charge >= 0.3 is 0 Å². The summed E-state index contributed by atoms with van der Waals surface area (Å²) in [5.41, 5.74) is 6.17. The third-order valence-corrected chi connectivity index (χ3v) is 4.98. The van der Waals surface area contributed by atoms with Gasteiger partial charge in [-0.1, -0.05) is 71.8 Å². The zero-order valence-corrected chi connectivity index (χ0v) is 22.3. The Balaban J connectivity index is 0.000000239. The Morgan fingerprint density at radius 1 is 0.595 bits per heavy atom. The summed E-state index contributed by atoms with van der Waals surface area (Å²) in [6, 6.07) is 33.1. The van der Waals surface area contributed by atoms with Gasteiger partial charge in [-0.05, 0) is 66.7 Å². The first kappa shape index (κ1) is 31.1. The molecule has 0 aliphatic carbocycles. The number of carbonyl (C=O) groups is 1. The summed E-state index contributed by atoms with van der Waals surface area (Å²) in [5, 5.41) is 8.19. The standard InChI is InChI=1S/C18H9NO.C11H5N.C10H6/c1-19-11-10-17-6-2-4-15(12-17)8-9-16-5-3-7-18(13-16)14-20;1-2-10-5-3-6-11(9-10)7-4-8-12;1-3-9-6-5-7-10(4-2)8-9/h2-7,12-14H;1,3,5-6,9H;1-2,5-8H. The Bertz CT molecular complexity index is 1950. The summed E-state index contributed by atoms with van der Waals surface area (Å²) in [4.78, 5) is 13.7. The molecule has 4 aromatic rings. The average Bonchev–Trinajstić information content (AvgIpc) is 3.06. The van der Waals surface area contributed by atoms with E-state index in [9.17, 15) is 4.79 Å². The van der Waals surface area contributed by atoms with Crippen molar-refractivity contribution < 1.29 is 4.79 Å². The van der Waals surface area contributed by atoms with E-state index in [0.29, 0.717) is 5.56 Å². The average molecular weight is 533 g/mol. The van der Waals surface area contributed by atoms with Crippen molar-refractivity contribution >= 4 is 6.29 Å². The van der Waals surface area contributed by atoms with Gasteiger partial charge < -0.3 is 0 Å². The highest BCUT2D eigenvalue weighted by atomic mass is 16.1. The summed E-state index contributed by atoms with van der Waals surface area (Å²) >= 11 is 0. The molecule has 0 bridgehead atoms. The van der Waals surface area contributed by atoms with Crippen molar-refractivity contribution in [3.8, 4) is 78.7 Å². The zero-order valence-electron chi connectivity index (χ0n) is 22.3. The fraction of sp³-hybridized carbons (Fsp3) is 0. The first-order valence-electron chi connectivity index (χ1n) is 12.1. The normalized spacial score (nSPS) is 7.88. The lowest BCUT2D eigenvalue weighted by atomic mass is 10.1. The molecule has 3 heteroatoms. The minimum atomic E-state index is 0.605. The van der Waals surface area contributed by atoms with E-state index in [-0.39, 0.29) is 0 Å². The van der Waals surface area contributed by atoms with Crippen LogP contribution in [0, 0.1) is 90.6 Å². The molecular formula is C39H20N2O. The van der Waals surface area contributed by atoms with Crippen LogP contribution in [-0.4, -0.2) is 6.29 Å². The summed E-state index contributed by atoms with van der Waals surface area (Å²) in [5.74, 6) is 21.2. The number of nitriles is 1. The molecule has 4 aromatic carbocycles. The SMILES string of the molecule is C#Cc1cccc(C#C)c1.C#Cc1cccc(C#CC#N)c1.[C-]#[N+]C#Cc1cccc(C#Cc2cccc(C=O)c2)c1. The smallest absolute Gasteiger partial charge is 0.152 e. The lowest BCUT2D eigenvalue weighted by Crippen LogP contribution is -1.82. The minimum absolute atomic E-state index is 0.605. The largest absolute Gasteiger partial charge is 0.298 e. The van der Waals surface area contributed by atoms with Gasteiger partial charge in [0.1, 0.15) is 18.9 Å². The Kier molecular flexibility index (Phi) is 13.5. The first-order valence-corrected chi connectivity index (χ1v) is 12.1. The van der Waals surface area contributed by atoms with Crippen LogP contribution in [0.3, 0.4) is 0 Å². The molecule has 0 fully saturated rings. The van der Waals surface area contributed by atoms with Crippen molar-refractivity contribution in [3.63, 3.8) is 0 Å². The van der Waals surface area contributed by atoms with Crippen molar-refractivity contribution in [1.29, 1.82) is 5.26 Å². The van der Waals surface area contributed by atoms with Gasteiger partial charge in [0.2, 0.25) is 0 Å². The number of benzene rings is 4. The van der Waals surface area contributed by atoms with Gasteiger partial charge in [-0.2, -0.15) is 10.1 Å². The molecule has 4 rings (SSSR count). The van der Waals surface area contributed by atoms with Gasteiger partial charge in [0.15, 0.2) is 6.07 Å². The molecule has 0 aliphatic rings. The van der Waals surface area contributed by atoms with E-state index in [1.807, 2.05) is 66.7 Å². The van der Waals surface area contributed by atoms with Crippen LogP contribution in [0.5, 0.6) is 0 Å². The van der Waals surface area contributed by atoms with Gasteiger partial charge in [-0.25, -0.2) is 0 Å². The van der Waals surface area contributed by atoms with Gasteiger partial charge in [0, 0.05) is 50.4 Å². The highest BCUT2D eigenvalue weighted by molar-refractivity contribution is 5.75. The highest BCUT2D eigenvalue weighted by Crippen LogP contribution is 2.05. The van der Waals surface area contributed by atoms with Gasteiger partial charge in [-0.15, -0.1) is 19.3 Å². The number of carbonyl (C=O) groups excluding carboxylic acids is 1.